The molecular weight excluding hydrogens is 251 g/mol. The number of rotatable bonds is 2. The highest BCUT2D eigenvalue weighted by molar-refractivity contribution is 14.1. The van der Waals surface area contributed by atoms with E-state index in [1.54, 1.807) is 6.92 Å². The molecule has 1 rings (SSSR count). The molecule has 1 saturated carbocycles. The Morgan fingerprint density at radius 3 is 2.45 bits per heavy atom. The normalized spacial score (nSPS) is 34.5. The van der Waals surface area contributed by atoms with Gasteiger partial charge in [-0.05, 0) is 24.7 Å². The summed E-state index contributed by atoms with van der Waals surface area (Å²) in [6.07, 6.45) is 1.12. The first-order valence-electron chi connectivity index (χ1n) is 4.06. The molecule has 0 bridgehead atoms. The molecule has 0 N–H and O–H groups in total. The van der Waals surface area contributed by atoms with E-state index in [1.165, 1.54) is 4.43 Å². The molecule has 0 heterocycles. The quantitative estimate of drug-likeness (QED) is 0.554. The van der Waals surface area contributed by atoms with Gasteiger partial charge in [-0.2, -0.15) is 0 Å². The Morgan fingerprint density at radius 2 is 2.18 bits per heavy atom. The van der Waals surface area contributed by atoms with Gasteiger partial charge in [-0.15, -0.1) is 0 Å². The van der Waals surface area contributed by atoms with Gasteiger partial charge in [0.15, 0.2) is 0 Å². The number of hydrogen-bond donors (Lipinski definition) is 0. The van der Waals surface area contributed by atoms with Crippen molar-refractivity contribution in [1.29, 1.82) is 0 Å². The molecule has 2 atom stereocenters. The van der Waals surface area contributed by atoms with Gasteiger partial charge in [0.05, 0.1) is 0 Å². The fourth-order valence-corrected chi connectivity index (χ4v) is 3.46. The van der Waals surface area contributed by atoms with Crippen molar-refractivity contribution < 1.29 is 4.79 Å². The van der Waals surface area contributed by atoms with Crippen LogP contribution in [0, 0.1) is 17.3 Å². The highest BCUT2D eigenvalue weighted by Crippen LogP contribution is 2.52. The summed E-state index contributed by atoms with van der Waals surface area (Å²) in [6, 6.07) is 0. The van der Waals surface area contributed by atoms with Crippen LogP contribution in [0.1, 0.15) is 27.2 Å². The molecule has 1 aliphatic carbocycles. The monoisotopic (exact) mass is 266 g/mol. The largest absolute Gasteiger partial charge is 0.300 e. The Balaban J connectivity index is 2.61. The van der Waals surface area contributed by atoms with Gasteiger partial charge < -0.3 is 0 Å². The number of Topliss-reactive ketones (excluding diaryl/α,β-unsaturated/α-hetero) is 1. The Kier molecular flexibility index (Phi) is 2.62. The van der Waals surface area contributed by atoms with E-state index in [1.807, 2.05) is 0 Å². The Hall–Kier alpha value is 0.400. The third-order valence-electron chi connectivity index (χ3n) is 3.15. The van der Waals surface area contributed by atoms with Gasteiger partial charge in [-0.3, -0.25) is 4.79 Å². The summed E-state index contributed by atoms with van der Waals surface area (Å²) in [4.78, 5) is 11.1. The van der Waals surface area contributed by atoms with Crippen molar-refractivity contribution >= 4 is 28.4 Å². The number of ketones is 1. The van der Waals surface area contributed by atoms with Crippen molar-refractivity contribution in [2.45, 2.75) is 27.2 Å². The molecule has 1 fully saturated rings. The van der Waals surface area contributed by atoms with Crippen LogP contribution in [0.3, 0.4) is 0 Å². The van der Waals surface area contributed by atoms with Gasteiger partial charge in [0.1, 0.15) is 5.78 Å². The van der Waals surface area contributed by atoms with E-state index >= 15 is 0 Å². The van der Waals surface area contributed by atoms with Gasteiger partial charge in [-0.25, -0.2) is 0 Å². The van der Waals surface area contributed by atoms with Gasteiger partial charge in [0, 0.05) is 10.3 Å². The van der Waals surface area contributed by atoms with Gasteiger partial charge in [0.25, 0.3) is 0 Å². The summed E-state index contributed by atoms with van der Waals surface area (Å²) < 4.78 is 1.19. The van der Waals surface area contributed by atoms with E-state index in [0.717, 1.165) is 12.3 Å². The molecule has 11 heavy (non-hydrogen) atoms. The maximum Gasteiger partial charge on any atom is 0.133 e. The van der Waals surface area contributed by atoms with Crippen LogP contribution >= 0.6 is 22.6 Å². The van der Waals surface area contributed by atoms with E-state index in [-0.39, 0.29) is 5.41 Å². The number of alkyl halides is 1. The van der Waals surface area contributed by atoms with Crippen molar-refractivity contribution in [3.05, 3.63) is 0 Å². The fraction of sp³-hybridized carbons (Fsp3) is 0.889. The van der Waals surface area contributed by atoms with Crippen molar-refractivity contribution in [3.8, 4) is 0 Å². The van der Waals surface area contributed by atoms with Gasteiger partial charge >= 0.3 is 0 Å². The molecule has 2 heteroatoms. The van der Waals surface area contributed by atoms with Crippen LogP contribution < -0.4 is 0 Å². The maximum atomic E-state index is 11.1. The summed E-state index contributed by atoms with van der Waals surface area (Å²) in [6.45, 7) is 6.15. The molecule has 0 saturated heterocycles. The number of hydrogen-bond acceptors (Lipinski definition) is 1. The van der Waals surface area contributed by atoms with Crippen LogP contribution in [0.4, 0.5) is 0 Å². The van der Waals surface area contributed by atoms with E-state index in [0.29, 0.717) is 11.7 Å². The molecule has 0 aromatic rings. The standard InChI is InChI=1S/C9H15IO/c1-6(11)8-4-7(5-10)9(8,2)3/h7-8H,4-5H2,1-3H3/t7-,8+/m0/s1. The lowest BCUT2D eigenvalue weighted by Gasteiger charge is -2.50. The molecular formula is C9H15IO. The Bertz CT molecular complexity index is 174. The average Bonchev–Trinajstić information content (AvgIpc) is 1.85. The topological polar surface area (TPSA) is 17.1 Å². The Morgan fingerprint density at radius 1 is 1.64 bits per heavy atom. The molecule has 0 unspecified atom stereocenters. The highest BCUT2D eigenvalue weighted by atomic mass is 127. The van der Waals surface area contributed by atoms with Gasteiger partial charge in [-0.1, -0.05) is 36.4 Å². The van der Waals surface area contributed by atoms with Crippen LogP contribution in [-0.2, 0) is 4.79 Å². The van der Waals surface area contributed by atoms with Crippen molar-refractivity contribution in [2.24, 2.45) is 17.3 Å². The minimum Gasteiger partial charge on any atom is -0.300 e. The first-order valence-corrected chi connectivity index (χ1v) is 5.59. The number of halogens is 1. The van der Waals surface area contributed by atoms with E-state index in [4.69, 9.17) is 0 Å². The summed E-state index contributed by atoms with van der Waals surface area (Å²) >= 11 is 2.41. The SMILES string of the molecule is CC(=O)[C@H]1C[C@@H](CI)C1(C)C. The number of carbonyl (C=O) groups is 1. The van der Waals surface area contributed by atoms with Crippen LogP contribution in [0.2, 0.25) is 0 Å². The van der Waals surface area contributed by atoms with Crippen molar-refractivity contribution in [3.63, 3.8) is 0 Å². The second-order valence-corrected chi connectivity index (χ2v) is 4.95. The number of carbonyl (C=O) groups excluding carboxylic acids is 1. The molecule has 0 spiro atoms. The predicted octanol–water partition coefficient (Wildman–Crippen LogP) is 2.67. The van der Waals surface area contributed by atoms with Crippen LogP contribution in [0.15, 0.2) is 0 Å². The van der Waals surface area contributed by atoms with Crippen LogP contribution in [0.5, 0.6) is 0 Å². The third-order valence-corrected chi connectivity index (χ3v) is 4.21. The smallest absolute Gasteiger partial charge is 0.133 e. The molecule has 0 aliphatic heterocycles. The molecule has 1 nitrogen and oxygen atoms in total. The van der Waals surface area contributed by atoms with Crippen LogP contribution in [0.25, 0.3) is 0 Å². The Labute approximate surface area is 82.1 Å². The second kappa shape index (κ2) is 3.04. The molecule has 0 amide bonds. The zero-order valence-electron chi connectivity index (χ0n) is 7.36. The molecule has 0 aromatic heterocycles. The van der Waals surface area contributed by atoms with Gasteiger partial charge in [0.2, 0.25) is 0 Å². The van der Waals surface area contributed by atoms with E-state index in [2.05, 4.69) is 36.4 Å². The molecule has 64 valence electrons. The minimum absolute atomic E-state index is 0.271. The summed E-state index contributed by atoms with van der Waals surface area (Å²) in [5.74, 6) is 1.47. The second-order valence-electron chi connectivity index (χ2n) is 4.07. The van der Waals surface area contributed by atoms with Crippen molar-refractivity contribution in [2.75, 3.05) is 4.43 Å². The predicted molar refractivity (Wildman–Crippen MR) is 54.9 cm³/mol. The summed E-state index contributed by atoms with van der Waals surface area (Å²) in [5.41, 5.74) is 0.271. The lowest BCUT2D eigenvalue weighted by molar-refractivity contribution is -0.134. The first kappa shape index (κ1) is 9.49. The zero-order chi connectivity index (χ0) is 8.65. The zero-order valence-corrected chi connectivity index (χ0v) is 9.51. The molecule has 1 aliphatic rings. The fourth-order valence-electron chi connectivity index (χ4n) is 1.97. The van der Waals surface area contributed by atoms with Crippen LogP contribution in [-0.4, -0.2) is 10.2 Å². The third kappa shape index (κ3) is 1.46. The minimum atomic E-state index is 0.271. The first-order chi connectivity index (χ1) is 5.00. The van der Waals surface area contributed by atoms with E-state index in [9.17, 15) is 4.79 Å². The maximum absolute atomic E-state index is 11.1. The van der Waals surface area contributed by atoms with Crippen molar-refractivity contribution in [1.82, 2.24) is 0 Å². The summed E-state index contributed by atoms with van der Waals surface area (Å²) in [7, 11) is 0. The van der Waals surface area contributed by atoms with E-state index < -0.39 is 0 Å². The highest BCUT2D eigenvalue weighted by Gasteiger charge is 2.49. The molecule has 0 aromatic carbocycles. The average molecular weight is 266 g/mol. The lowest BCUT2D eigenvalue weighted by atomic mass is 9.54. The molecule has 0 radical (unpaired) electrons. The lowest BCUT2D eigenvalue weighted by Crippen LogP contribution is -2.48. The summed E-state index contributed by atoms with van der Waals surface area (Å²) in [5, 5.41) is 0.